The van der Waals surface area contributed by atoms with E-state index in [-0.39, 0.29) is 18.5 Å². The highest BCUT2D eigenvalue weighted by Gasteiger charge is 2.30. The number of nitrogens with zero attached hydrogens (tertiary/aromatic N) is 2. The van der Waals surface area contributed by atoms with Gasteiger partial charge in [-0.25, -0.2) is 8.42 Å². The van der Waals surface area contributed by atoms with Gasteiger partial charge in [-0.15, -0.1) is 0 Å². The van der Waals surface area contributed by atoms with Gasteiger partial charge in [0.1, 0.15) is 12.6 Å². The largest absolute Gasteiger partial charge is 0.352 e. The van der Waals surface area contributed by atoms with Crippen molar-refractivity contribution < 1.29 is 18.0 Å². The maximum Gasteiger partial charge on any atom is 0.244 e. The van der Waals surface area contributed by atoms with E-state index >= 15 is 0 Å². The van der Waals surface area contributed by atoms with Crippen LogP contribution >= 0.6 is 39.1 Å². The number of amides is 2. The first-order valence-electron chi connectivity index (χ1n) is 10.6. The highest BCUT2D eigenvalue weighted by molar-refractivity contribution is 9.10. The first-order valence-corrected chi connectivity index (χ1v) is 14.0. The predicted octanol–water partition coefficient (Wildman–Crippen LogP) is 4.85. The zero-order chi connectivity index (χ0) is 25.6. The van der Waals surface area contributed by atoms with Crippen molar-refractivity contribution in [1.29, 1.82) is 0 Å². The Morgan fingerprint density at radius 1 is 1.06 bits per heavy atom. The van der Waals surface area contributed by atoms with Gasteiger partial charge >= 0.3 is 0 Å². The van der Waals surface area contributed by atoms with Crippen molar-refractivity contribution in [3.05, 3.63) is 62.5 Å². The Hall–Kier alpha value is -1.81. The molecule has 34 heavy (non-hydrogen) atoms. The molecule has 11 heteroatoms. The lowest BCUT2D eigenvalue weighted by atomic mass is 10.1. The van der Waals surface area contributed by atoms with Crippen molar-refractivity contribution in [2.24, 2.45) is 0 Å². The van der Waals surface area contributed by atoms with Crippen molar-refractivity contribution in [3.63, 3.8) is 0 Å². The van der Waals surface area contributed by atoms with E-state index in [4.69, 9.17) is 23.2 Å². The zero-order valence-electron chi connectivity index (χ0n) is 19.4. The van der Waals surface area contributed by atoms with Crippen molar-refractivity contribution in [2.45, 2.75) is 45.8 Å². The molecule has 0 heterocycles. The minimum absolute atomic E-state index is 0.0444. The first-order chi connectivity index (χ1) is 15.8. The maximum atomic E-state index is 13.5. The van der Waals surface area contributed by atoms with Gasteiger partial charge in [-0.05, 0) is 62.2 Å². The lowest BCUT2D eigenvalue weighted by molar-refractivity contribution is -0.139. The summed E-state index contributed by atoms with van der Waals surface area (Å²) in [7, 11) is -3.78. The van der Waals surface area contributed by atoms with Crippen LogP contribution in [0, 0.1) is 0 Å². The molecule has 0 aliphatic carbocycles. The molecular weight excluding hydrogens is 565 g/mol. The lowest BCUT2D eigenvalue weighted by Gasteiger charge is -2.32. The smallest absolute Gasteiger partial charge is 0.244 e. The van der Waals surface area contributed by atoms with Crippen molar-refractivity contribution in [3.8, 4) is 0 Å². The standard InChI is InChI=1S/C23H28BrCl2N3O4S/c1-5-15(2)27-23(31)16(3)28(13-17-6-11-20(25)21(26)12-17)22(30)14-29(34(4,32)33)19-9-7-18(24)8-10-19/h6-12,15-16H,5,13-14H2,1-4H3,(H,27,31)/t15-,16-/m1/s1. The van der Waals surface area contributed by atoms with Gasteiger partial charge in [0.2, 0.25) is 21.8 Å². The normalized spacial score (nSPS) is 13.1. The van der Waals surface area contributed by atoms with Gasteiger partial charge in [-0.1, -0.05) is 52.1 Å². The molecule has 0 saturated heterocycles. The molecule has 0 unspecified atom stereocenters. The monoisotopic (exact) mass is 591 g/mol. The number of carbonyl (C=O) groups is 2. The molecule has 1 N–H and O–H groups in total. The molecule has 0 aliphatic rings. The molecular formula is C23H28BrCl2N3O4S. The van der Waals surface area contributed by atoms with E-state index in [0.29, 0.717) is 21.3 Å². The molecule has 0 aliphatic heterocycles. The number of sulfonamides is 1. The van der Waals surface area contributed by atoms with Gasteiger partial charge in [0.15, 0.2) is 0 Å². The van der Waals surface area contributed by atoms with Crippen LogP contribution in [0.3, 0.4) is 0 Å². The summed E-state index contributed by atoms with van der Waals surface area (Å²) in [6.07, 6.45) is 1.76. The number of hydrogen-bond donors (Lipinski definition) is 1. The molecule has 0 radical (unpaired) electrons. The second kappa shape index (κ2) is 12.2. The molecule has 2 aromatic rings. The van der Waals surface area contributed by atoms with Crippen LogP contribution in [-0.4, -0.2) is 50.0 Å². The fourth-order valence-corrected chi connectivity index (χ4v) is 4.54. The average molecular weight is 593 g/mol. The summed E-state index contributed by atoms with van der Waals surface area (Å²) < 4.78 is 26.9. The lowest BCUT2D eigenvalue weighted by Crippen LogP contribution is -2.52. The Kier molecular flexibility index (Phi) is 10.2. The Morgan fingerprint density at radius 3 is 2.21 bits per heavy atom. The number of benzene rings is 2. The van der Waals surface area contributed by atoms with Crippen LogP contribution < -0.4 is 9.62 Å². The Bertz CT molecular complexity index is 1130. The van der Waals surface area contributed by atoms with Crippen molar-refractivity contribution >= 4 is 66.7 Å². The zero-order valence-corrected chi connectivity index (χ0v) is 23.3. The number of halogens is 3. The third-order valence-electron chi connectivity index (χ3n) is 5.30. The number of nitrogens with one attached hydrogen (secondary N) is 1. The van der Waals surface area contributed by atoms with E-state index in [9.17, 15) is 18.0 Å². The number of anilines is 1. The van der Waals surface area contributed by atoms with Crippen LogP contribution in [0.4, 0.5) is 5.69 Å². The summed E-state index contributed by atoms with van der Waals surface area (Å²) in [6, 6.07) is 10.6. The van der Waals surface area contributed by atoms with E-state index in [2.05, 4.69) is 21.2 Å². The van der Waals surface area contributed by atoms with Gasteiger partial charge in [0.25, 0.3) is 0 Å². The summed E-state index contributed by atoms with van der Waals surface area (Å²) in [6.45, 7) is 4.99. The second-order valence-electron chi connectivity index (χ2n) is 8.01. The molecule has 7 nitrogen and oxygen atoms in total. The highest BCUT2D eigenvalue weighted by Crippen LogP contribution is 2.25. The molecule has 2 aromatic carbocycles. The van der Waals surface area contributed by atoms with E-state index < -0.39 is 28.5 Å². The van der Waals surface area contributed by atoms with Crippen molar-refractivity contribution in [2.75, 3.05) is 17.1 Å². The SMILES string of the molecule is CC[C@@H](C)NC(=O)[C@@H](C)N(Cc1ccc(Cl)c(Cl)c1)C(=O)CN(c1ccc(Br)cc1)S(C)(=O)=O. The van der Waals surface area contributed by atoms with E-state index in [1.165, 1.54) is 4.90 Å². The quantitative estimate of drug-likeness (QED) is 0.427. The molecule has 0 fully saturated rings. The first kappa shape index (κ1) is 28.4. The van der Waals surface area contributed by atoms with Gasteiger partial charge in [-0.2, -0.15) is 0 Å². The van der Waals surface area contributed by atoms with E-state index in [1.54, 1.807) is 49.4 Å². The van der Waals surface area contributed by atoms with Gasteiger partial charge < -0.3 is 10.2 Å². The van der Waals surface area contributed by atoms with E-state index in [0.717, 1.165) is 21.5 Å². The highest BCUT2D eigenvalue weighted by atomic mass is 79.9. The fraction of sp³-hybridized carbons (Fsp3) is 0.391. The molecule has 186 valence electrons. The maximum absolute atomic E-state index is 13.5. The molecule has 0 spiro atoms. The molecule has 0 aromatic heterocycles. The van der Waals surface area contributed by atoms with Crippen molar-refractivity contribution in [1.82, 2.24) is 10.2 Å². The summed E-state index contributed by atoms with van der Waals surface area (Å²) in [5.41, 5.74) is 0.991. The summed E-state index contributed by atoms with van der Waals surface area (Å²) in [4.78, 5) is 27.7. The molecule has 2 atom stereocenters. The third-order valence-corrected chi connectivity index (χ3v) is 7.71. The topological polar surface area (TPSA) is 86.8 Å². The van der Waals surface area contributed by atoms with Gasteiger partial charge in [0.05, 0.1) is 22.0 Å². The number of rotatable bonds is 10. The summed E-state index contributed by atoms with van der Waals surface area (Å²) >= 11 is 15.5. The molecule has 2 amide bonds. The fourth-order valence-electron chi connectivity index (χ4n) is 3.10. The second-order valence-corrected chi connectivity index (χ2v) is 11.6. The molecule has 0 bridgehead atoms. The van der Waals surface area contributed by atoms with Crippen LogP contribution in [0.15, 0.2) is 46.9 Å². The Labute approximate surface area is 219 Å². The van der Waals surface area contributed by atoms with Crippen LogP contribution in [0.25, 0.3) is 0 Å². The van der Waals surface area contributed by atoms with Crippen LogP contribution in [0.2, 0.25) is 10.0 Å². The minimum atomic E-state index is -3.78. The van der Waals surface area contributed by atoms with Gasteiger partial charge in [0, 0.05) is 17.1 Å². The van der Waals surface area contributed by atoms with Crippen LogP contribution in [-0.2, 0) is 26.2 Å². The Balaban J connectivity index is 2.40. The molecule has 0 saturated carbocycles. The summed E-state index contributed by atoms with van der Waals surface area (Å²) in [5, 5.41) is 3.56. The summed E-state index contributed by atoms with van der Waals surface area (Å²) in [5.74, 6) is -0.872. The number of carbonyl (C=O) groups excluding carboxylic acids is 2. The third kappa shape index (κ3) is 7.86. The minimum Gasteiger partial charge on any atom is -0.352 e. The van der Waals surface area contributed by atoms with Crippen LogP contribution in [0.5, 0.6) is 0 Å². The van der Waals surface area contributed by atoms with E-state index in [1.807, 2.05) is 13.8 Å². The number of hydrogen-bond acceptors (Lipinski definition) is 4. The van der Waals surface area contributed by atoms with Crippen LogP contribution in [0.1, 0.15) is 32.8 Å². The van der Waals surface area contributed by atoms with Gasteiger partial charge in [-0.3, -0.25) is 13.9 Å². The molecule has 2 rings (SSSR count). The predicted molar refractivity (Wildman–Crippen MR) is 141 cm³/mol. The Morgan fingerprint density at radius 2 is 1.68 bits per heavy atom. The average Bonchev–Trinajstić information content (AvgIpc) is 2.77.